The van der Waals surface area contributed by atoms with Crippen molar-refractivity contribution in [3.63, 3.8) is 0 Å². The van der Waals surface area contributed by atoms with Gasteiger partial charge in [-0.2, -0.15) is 0 Å². The fourth-order valence-electron chi connectivity index (χ4n) is 1.66. The quantitative estimate of drug-likeness (QED) is 0.636. The molecule has 1 unspecified atom stereocenters. The van der Waals surface area contributed by atoms with Crippen LogP contribution in [0.15, 0.2) is 28.7 Å². The van der Waals surface area contributed by atoms with E-state index in [0.29, 0.717) is 13.2 Å². The van der Waals surface area contributed by atoms with E-state index in [0.717, 1.165) is 10.0 Å². The number of nitrogens with one attached hydrogen (secondary N) is 1. The number of benzene rings is 1. The molecule has 0 aromatic heterocycles. The second kappa shape index (κ2) is 7.76. The first-order valence-corrected chi connectivity index (χ1v) is 7.33. The highest BCUT2D eigenvalue weighted by atomic mass is 79.9. The van der Waals surface area contributed by atoms with Crippen molar-refractivity contribution in [1.82, 2.24) is 5.32 Å². The van der Waals surface area contributed by atoms with Gasteiger partial charge in [0.25, 0.3) is 0 Å². The third kappa shape index (κ3) is 6.03. The van der Waals surface area contributed by atoms with Gasteiger partial charge in [-0.3, -0.25) is 5.32 Å². The SMILES string of the molecule is COCCNC(C(=O)OC(C)(C)C)c1ccc(Br)cc1. The van der Waals surface area contributed by atoms with E-state index in [2.05, 4.69) is 21.2 Å². The van der Waals surface area contributed by atoms with Gasteiger partial charge in [-0.15, -0.1) is 0 Å². The van der Waals surface area contributed by atoms with E-state index in [1.54, 1.807) is 7.11 Å². The lowest BCUT2D eigenvalue weighted by atomic mass is 10.1. The topological polar surface area (TPSA) is 47.6 Å². The number of rotatable bonds is 6. The smallest absolute Gasteiger partial charge is 0.328 e. The molecule has 0 bridgehead atoms. The van der Waals surface area contributed by atoms with Crippen molar-refractivity contribution < 1.29 is 14.3 Å². The van der Waals surface area contributed by atoms with Crippen molar-refractivity contribution in [3.05, 3.63) is 34.3 Å². The summed E-state index contributed by atoms with van der Waals surface area (Å²) in [5, 5.41) is 3.16. The van der Waals surface area contributed by atoms with Crippen LogP contribution in [0.5, 0.6) is 0 Å². The first-order chi connectivity index (χ1) is 9.33. The van der Waals surface area contributed by atoms with E-state index >= 15 is 0 Å². The molecule has 0 fully saturated rings. The Morgan fingerprint density at radius 2 is 1.90 bits per heavy atom. The van der Waals surface area contributed by atoms with Crippen molar-refractivity contribution in [2.24, 2.45) is 0 Å². The zero-order valence-electron chi connectivity index (χ0n) is 12.4. The first kappa shape index (κ1) is 17.1. The van der Waals surface area contributed by atoms with Gasteiger partial charge in [-0.25, -0.2) is 4.79 Å². The molecule has 0 heterocycles. The van der Waals surface area contributed by atoms with Crippen LogP contribution in [0.3, 0.4) is 0 Å². The van der Waals surface area contributed by atoms with E-state index in [-0.39, 0.29) is 5.97 Å². The molecule has 0 saturated heterocycles. The Hall–Kier alpha value is -0.910. The van der Waals surface area contributed by atoms with E-state index in [1.807, 2.05) is 45.0 Å². The number of carbonyl (C=O) groups is 1. The maximum atomic E-state index is 12.3. The van der Waals surface area contributed by atoms with E-state index < -0.39 is 11.6 Å². The van der Waals surface area contributed by atoms with Gasteiger partial charge in [0.2, 0.25) is 0 Å². The zero-order chi connectivity index (χ0) is 15.2. The summed E-state index contributed by atoms with van der Waals surface area (Å²) in [6.45, 7) is 6.70. The molecule has 1 N–H and O–H groups in total. The third-order valence-electron chi connectivity index (χ3n) is 2.50. The molecule has 1 aromatic rings. The Morgan fingerprint density at radius 1 is 1.30 bits per heavy atom. The average molecular weight is 344 g/mol. The van der Waals surface area contributed by atoms with Crippen LogP contribution < -0.4 is 5.32 Å². The largest absolute Gasteiger partial charge is 0.459 e. The predicted molar refractivity (Wildman–Crippen MR) is 82.6 cm³/mol. The molecule has 0 radical (unpaired) electrons. The summed E-state index contributed by atoms with van der Waals surface area (Å²) in [7, 11) is 1.63. The van der Waals surface area contributed by atoms with Crippen molar-refractivity contribution in [1.29, 1.82) is 0 Å². The monoisotopic (exact) mass is 343 g/mol. The third-order valence-corrected chi connectivity index (χ3v) is 3.03. The molecule has 112 valence electrons. The molecule has 0 saturated carbocycles. The van der Waals surface area contributed by atoms with Gasteiger partial charge in [0.15, 0.2) is 0 Å². The number of halogens is 1. The minimum Gasteiger partial charge on any atom is -0.459 e. The van der Waals surface area contributed by atoms with Crippen LogP contribution in [0.2, 0.25) is 0 Å². The number of esters is 1. The van der Waals surface area contributed by atoms with E-state index in [4.69, 9.17) is 9.47 Å². The molecule has 1 rings (SSSR count). The van der Waals surface area contributed by atoms with Crippen molar-refractivity contribution >= 4 is 21.9 Å². The second-order valence-electron chi connectivity index (χ2n) is 5.46. The zero-order valence-corrected chi connectivity index (χ0v) is 14.0. The normalized spacial score (nSPS) is 13.1. The second-order valence-corrected chi connectivity index (χ2v) is 6.38. The fourth-order valence-corrected chi connectivity index (χ4v) is 1.92. The van der Waals surface area contributed by atoms with Gasteiger partial charge >= 0.3 is 5.97 Å². The molecular weight excluding hydrogens is 322 g/mol. The molecule has 0 spiro atoms. The summed E-state index contributed by atoms with van der Waals surface area (Å²) in [4.78, 5) is 12.3. The summed E-state index contributed by atoms with van der Waals surface area (Å²) in [5.41, 5.74) is 0.367. The summed E-state index contributed by atoms with van der Waals surface area (Å²) in [5.74, 6) is -0.282. The van der Waals surface area contributed by atoms with Crippen molar-refractivity contribution in [2.75, 3.05) is 20.3 Å². The van der Waals surface area contributed by atoms with Crippen LogP contribution in [0.4, 0.5) is 0 Å². The van der Waals surface area contributed by atoms with Crippen LogP contribution in [0.1, 0.15) is 32.4 Å². The number of hydrogen-bond acceptors (Lipinski definition) is 4. The summed E-state index contributed by atoms with van der Waals surface area (Å²) < 4.78 is 11.4. The lowest BCUT2D eigenvalue weighted by Crippen LogP contribution is -2.36. The molecule has 20 heavy (non-hydrogen) atoms. The number of ether oxygens (including phenoxy) is 2. The highest BCUT2D eigenvalue weighted by Gasteiger charge is 2.26. The lowest BCUT2D eigenvalue weighted by molar-refractivity contribution is -0.157. The van der Waals surface area contributed by atoms with Gasteiger partial charge in [0.05, 0.1) is 6.61 Å². The molecule has 4 nitrogen and oxygen atoms in total. The van der Waals surface area contributed by atoms with Crippen LogP contribution >= 0.6 is 15.9 Å². The Bertz CT molecular complexity index is 426. The molecule has 0 aliphatic rings. The van der Waals surface area contributed by atoms with Gasteiger partial charge in [-0.05, 0) is 38.5 Å². The number of methoxy groups -OCH3 is 1. The summed E-state index contributed by atoms with van der Waals surface area (Å²) in [6.07, 6.45) is 0. The van der Waals surface area contributed by atoms with Crippen LogP contribution in [-0.2, 0) is 14.3 Å². The molecule has 0 amide bonds. The Kier molecular flexibility index (Phi) is 6.65. The predicted octanol–water partition coefficient (Wildman–Crippen LogP) is 3.07. The highest BCUT2D eigenvalue weighted by molar-refractivity contribution is 9.10. The van der Waals surface area contributed by atoms with E-state index in [1.165, 1.54) is 0 Å². The highest BCUT2D eigenvalue weighted by Crippen LogP contribution is 2.20. The maximum Gasteiger partial charge on any atom is 0.328 e. The number of carbonyl (C=O) groups excluding carboxylic acids is 1. The van der Waals surface area contributed by atoms with Crippen LogP contribution in [-0.4, -0.2) is 31.8 Å². The Labute approximate surface area is 129 Å². The number of hydrogen-bond donors (Lipinski definition) is 1. The van der Waals surface area contributed by atoms with Crippen LogP contribution in [0, 0.1) is 0 Å². The average Bonchev–Trinajstić information content (AvgIpc) is 2.34. The van der Waals surface area contributed by atoms with Gasteiger partial charge < -0.3 is 9.47 Å². The lowest BCUT2D eigenvalue weighted by Gasteiger charge is -2.25. The summed E-state index contributed by atoms with van der Waals surface area (Å²) in [6, 6.07) is 7.13. The standard InChI is InChI=1S/C15H22BrNO3/c1-15(2,3)20-14(18)13(17-9-10-19-4)11-5-7-12(16)8-6-11/h5-8,13,17H,9-10H2,1-4H3. The Morgan fingerprint density at radius 3 is 2.40 bits per heavy atom. The van der Waals surface area contributed by atoms with Gasteiger partial charge in [-0.1, -0.05) is 28.1 Å². The van der Waals surface area contributed by atoms with Gasteiger partial charge in [0.1, 0.15) is 11.6 Å². The maximum absolute atomic E-state index is 12.3. The summed E-state index contributed by atoms with van der Waals surface area (Å²) >= 11 is 3.39. The van der Waals surface area contributed by atoms with Crippen LogP contribution in [0.25, 0.3) is 0 Å². The molecule has 5 heteroatoms. The Balaban J connectivity index is 2.84. The molecular formula is C15H22BrNO3. The van der Waals surface area contributed by atoms with Crippen molar-refractivity contribution in [2.45, 2.75) is 32.4 Å². The first-order valence-electron chi connectivity index (χ1n) is 6.54. The fraction of sp³-hybridized carbons (Fsp3) is 0.533. The molecule has 0 aliphatic heterocycles. The molecule has 1 aromatic carbocycles. The van der Waals surface area contributed by atoms with Crippen molar-refractivity contribution in [3.8, 4) is 0 Å². The minimum absolute atomic E-state index is 0.282. The molecule has 0 aliphatic carbocycles. The van der Waals surface area contributed by atoms with Gasteiger partial charge in [0, 0.05) is 18.1 Å². The van der Waals surface area contributed by atoms with E-state index in [9.17, 15) is 4.79 Å². The minimum atomic E-state index is -0.506. The molecule has 1 atom stereocenters.